The Morgan fingerprint density at radius 1 is 1.12 bits per heavy atom. The van der Waals surface area contributed by atoms with Gasteiger partial charge in [0.25, 0.3) is 5.56 Å². The van der Waals surface area contributed by atoms with Crippen molar-refractivity contribution in [2.24, 2.45) is 0 Å². The number of amides is 1. The number of aromatic amines is 1. The van der Waals surface area contributed by atoms with E-state index in [1.807, 2.05) is 37.3 Å². The molecule has 2 aromatic heterocycles. The number of ether oxygens (including phenoxy) is 2. The first-order valence-electron chi connectivity index (χ1n) is 9.69. The number of nitrogens with one attached hydrogen (secondary N) is 2. The van der Waals surface area contributed by atoms with Crippen molar-refractivity contribution in [1.82, 2.24) is 19.8 Å². The summed E-state index contributed by atoms with van der Waals surface area (Å²) in [6.07, 6.45) is 0. The molecule has 0 aliphatic rings. The predicted molar refractivity (Wildman–Crippen MR) is 123 cm³/mol. The maximum atomic E-state index is 12.4. The topological polar surface area (TPSA) is 111 Å². The first-order valence-corrected chi connectivity index (χ1v) is 10.7. The van der Waals surface area contributed by atoms with Crippen LogP contribution < -0.4 is 20.3 Å². The number of nitrogens with zero attached hydrogens (tertiary/aromatic N) is 3. The van der Waals surface area contributed by atoms with Crippen molar-refractivity contribution < 1.29 is 14.3 Å². The summed E-state index contributed by atoms with van der Waals surface area (Å²) in [6.45, 7) is 1.93. The van der Waals surface area contributed by atoms with Crippen LogP contribution in [-0.4, -0.2) is 45.7 Å². The molecular formula is C22H21N5O4S. The van der Waals surface area contributed by atoms with Crippen LogP contribution in [0.25, 0.3) is 16.8 Å². The summed E-state index contributed by atoms with van der Waals surface area (Å²) in [7, 11) is 3.11. The van der Waals surface area contributed by atoms with Gasteiger partial charge in [0, 0.05) is 11.3 Å². The zero-order valence-electron chi connectivity index (χ0n) is 17.7. The molecule has 32 heavy (non-hydrogen) atoms. The Balaban J connectivity index is 1.59. The Bertz CT molecular complexity index is 1350. The van der Waals surface area contributed by atoms with E-state index in [0.717, 1.165) is 16.8 Å². The first-order chi connectivity index (χ1) is 15.5. The molecule has 0 unspecified atom stereocenters. The summed E-state index contributed by atoms with van der Waals surface area (Å²) in [5, 5.41) is 14.3. The van der Waals surface area contributed by atoms with Gasteiger partial charge in [0.1, 0.15) is 5.52 Å². The predicted octanol–water partition coefficient (Wildman–Crippen LogP) is 3.14. The number of aromatic nitrogens is 4. The number of rotatable bonds is 7. The van der Waals surface area contributed by atoms with Crippen LogP contribution in [0.2, 0.25) is 0 Å². The molecule has 0 radical (unpaired) electrons. The highest BCUT2D eigenvalue weighted by molar-refractivity contribution is 7.99. The highest BCUT2D eigenvalue weighted by Gasteiger charge is 2.15. The molecule has 1 amide bonds. The molecule has 0 aliphatic heterocycles. The number of carbonyl (C=O) groups excluding carboxylic acids is 1. The second-order valence-corrected chi connectivity index (χ2v) is 7.83. The number of para-hydroxylation sites is 1. The van der Waals surface area contributed by atoms with E-state index >= 15 is 0 Å². The van der Waals surface area contributed by atoms with Crippen molar-refractivity contribution in [3.63, 3.8) is 0 Å². The van der Waals surface area contributed by atoms with Crippen molar-refractivity contribution in [3.05, 3.63) is 64.4 Å². The van der Waals surface area contributed by atoms with Gasteiger partial charge in [-0.15, -0.1) is 5.10 Å². The molecule has 0 saturated heterocycles. The monoisotopic (exact) mass is 451 g/mol. The van der Waals surface area contributed by atoms with Crippen LogP contribution in [0, 0.1) is 6.92 Å². The van der Waals surface area contributed by atoms with E-state index in [1.165, 1.54) is 16.3 Å². The van der Waals surface area contributed by atoms with Crippen LogP contribution in [0.15, 0.2) is 58.5 Å². The van der Waals surface area contributed by atoms with Gasteiger partial charge in [-0.05, 0) is 42.8 Å². The van der Waals surface area contributed by atoms with Crippen LogP contribution in [0.5, 0.6) is 11.5 Å². The molecule has 2 N–H and O–H groups in total. The lowest BCUT2D eigenvalue weighted by molar-refractivity contribution is -0.113. The molecule has 4 aromatic rings. The van der Waals surface area contributed by atoms with Crippen LogP contribution in [0.1, 0.15) is 5.56 Å². The van der Waals surface area contributed by atoms with Gasteiger partial charge in [0.2, 0.25) is 11.1 Å². The van der Waals surface area contributed by atoms with Crippen molar-refractivity contribution in [2.75, 3.05) is 25.3 Å². The third-order valence-corrected chi connectivity index (χ3v) is 5.74. The number of carbonyl (C=O) groups is 1. The summed E-state index contributed by atoms with van der Waals surface area (Å²) < 4.78 is 12.1. The van der Waals surface area contributed by atoms with Gasteiger partial charge >= 0.3 is 0 Å². The Hall–Kier alpha value is -3.79. The molecule has 9 nitrogen and oxygen atoms in total. The Morgan fingerprint density at radius 3 is 2.66 bits per heavy atom. The van der Waals surface area contributed by atoms with E-state index in [-0.39, 0.29) is 17.2 Å². The second kappa shape index (κ2) is 9.15. The van der Waals surface area contributed by atoms with Crippen LogP contribution in [0.4, 0.5) is 5.69 Å². The number of benzene rings is 2. The molecule has 0 aliphatic carbocycles. The lowest BCUT2D eigenvalue weighted by atomic mass is 10.1. The fourth-order valence-electron chi connectivity index (χ4n) is 3.15. The third-order valence-electron chi connectivity index (χ3n) is 4.81. The minimum atomic E-state index is -0.377. The van der Waals surface area contributed by atoms with Gasteiger partial charge in [-0.25, -0.2) is 9.61 Å². The smallest absolute Gasteiger partial charge is 0.290 e. The quantitative estimate of drug-likeness (QED) is 0.415. The highest BCUT2D eigenvalue weighted by Crippen LogP contribution is 2.32. The Labute approximate surface area is 187 Å². The third kappa shape index (κ3) is 4.30. The van der Waals surface area contributed by atoms with E-state index in [9.17, 15) is 9.59 Å². The molecule has 0 fully saturated rings. The maximum absolute atomic E-state index is 12.4. The molecule has 0 bridgehead atoms. The highest BCUT2D eigenvalue weighted by atomic mass is 32.2. The van der Waals surface area contributed by atoms with Gasteiger partial charge < -0.3 is 14.8 Å². The van der Waals surface area contributed by atoms with E-state index in [2.05, 4.69) is 20.6 Å². The molecule has 164 valence electrons. The van der Waals surface area contributed by atoms with E-state index < -0.39 is 0 Å². The number of hydrogen-bond donors (Lipinski definition) is 2. The normalized spacial score (nSPS) is 10.8. The zero-order valence-corrected chi connectivity index (χ0v) is 18.5. The lowest BCUT2D eigenvalue weighted by Gasteiger charge is -2.08. The van der Waals surface area contributed by atoms with Crippen molar-refractivity contribution >= 4 is 28.9 Å². The minimum Gasteiger partial charge on any atom is -0.493 e. The number of H-pyrrole nitrogens is 1. The van der Waals surface area contributed by atoms with E-state index in [4.69, 9.17) is 9.47 Å². The second-order valence-electron chi connectivity index (χ2n) is 6.88. The first kappa shape index (κ1) is 21.4. The molecule has 10 heteroatoms. The number of methoxy groups -OCH3 is 2. The molecule has 0 saturated carbocycles. The maximum Gasteiger partial charge on any atom is 0.290 e. The van der Waals surface area contributed by atoms with Gasteiger partial charge in [-0.2, -0.15) is 5.10 Å². The van der Waals surface area contributed by atoms with Gasteiger partial charge in [-0.3, -0.25) is 9.59 Å². The van der Waals surface area contributed by atoms with Crippen molar-refractivity contribution in [3.8, 4) is 22.8 Å². The number of aryl methyl sites for hydroxylation is 1. The summed E-state index contributed by atoms with van der Waals surface area (Å²) in [5.41, 5.74) is 2.99. The number of hydrogen-bond acceptors (Lipinski definition) is 7. The Kier molecular flexibility index (Phi) is 6.13. The average Bonchev–Trinajstić information content (AvgIpc) is 3.26. The van der Waals surface area contributed by atoms with E-state index in [1.54, 1.807) is 32.4 Å². The van der Waals surface area contributed by atoms with Crippen molar-refractivity contribution in [1.29, 1.82) is 0 Å². The summed E-state index contributed by atoms with van der Waals surface area (Å²) in [4.78, 5) is 24.7. The van der Waals surface area contributed by atoms with Crippen LogP contribution >= 0.6 is 11.8 Å². The van der Waals surface area contributed by atoms with Crippen LogP contribution in [-0.2, 0) is 4.79 Å². The average molecular weight is 452 g/mol. The number of fused-ring (bicyclic) bond motifs is 1. The summed E-state index contributed by atoms with van der Waals surface area (Å²) in [5.74, 6) is 1.07. The van der Waals surface area contributed by atoms with Gasteiger partial charge in [0.05, 0.1) is 25.7 Å². The molecule has 2 aromatic carbocycles. The van der Waals surface area contributed by atoms with Gasteiger partial charge in [-0.1, -0.05) is 30.0 Å². The Morgan fingerprint density at radius 2 is 1.91 bits per heavy atom. The SMILES string of the molecule is COc1ccc(-c2cc3c(=O)[nH]nc(SCC(=O)Nc4ccccc4C)n3n2)cc1OC. The summed E-state index contributed by atoms with van der Waals surface area (Å²) in [6, 6.07) is 14.6. The van der Waals surface area contributed by atoms with Crippen LogP contribution in [0.3, 0.4) is 0 Å². The molecule has 0 spiro atoms. The molecule has 2 heterocycles. The molecular weight excluding hydrogens is 430 g/mol. The number of anilines is 1. The van der Waals surface area contributed by atoms with Gasteiger partial charge in [0.15, 0.2) is 11.5 Å². The number of thioether (sulfide) groups is 1. The standard InChI is InChI=1S/C22H21N5O4S/c1-13-6-4-5-7-15(13)23-20(28)12-32-22-25-24-21(29)17-11-16(26-27(17)22)14-8-9-18(30-2)19(10-14)31-3/h4-11H,12H2,1-3H3,(H,23,28)(H,24,29). The fourth-order valence-corrected chi connectivity index (χ4v) is 3.86. The minimum absolute atomic E-state index is 0.105. The fraction of sp³-hybridized carbons (Fsp3) is 0.182. The lowest BCUT2D eigenvalue weighted by Crippen LogP contribution is -2.17. The largest absolute Gasteiger partial charge is 0.493 e. The van der Waals surface area contributed by atoms with E-state index in [0.29, 0.717) is 27.9 Å². The zero-order chi connectivity index (χ0) is 22.7. The van der Waals surface area contributed by atoms with Crippen molar-refractivity contribution in [2.45, 2.75) is 12.1 Å². The molecule has 0 atom stereocenters. The summed E-state index contributed by atoms with van der Waals surface area (Å²) >= 11 is 1.18. The molecule has 4 rings (SSSR count).